The van der Waals surface area contributed by atoms with Gasteiger partial charge in [-0.3, -0.25) is 4.79 Å². The van der Waals surface area contributed by atoms with Crippen LogP contribution >= 0.6 is 0 Å². The molecule has 1 aromatic rings. The molecule has 1 aromatic carbocycles. The summed E-state index contributed by atoms with van der Waals surface area (Å²) >= 11 is 0. The van der Waals surface area contributed by atoms with Gasteiger partial charge in [-0.2, -0.15) is 0 Å². The Balaban J connectivity index is 1.85. The van der Waals surface area contributed by atoms with Gasteiger partial charge in [-0.05, 0) is 55.4 Å². The highest BCUT2D eigenvalue weighted by Gasteiger charge is 2.48. The largest absolute Gasteiger partial charge is 0.327 e. The van der Waals surface area contributed by atoms with Crippen molar-refractivity contribution in [3.05, 3.63) is 35.6 Å². The van der Waals surface area contributed by atoms with Crippen molar-refractivity contribution in [1.82, 2.24) is 0 Å². The van der Waals surface area contributed by atoms with Crippen molar-refractivity contribution >= 4 is 5.78 Å². The smallest absolute Gasteiger partial charge is 0.167 e. The lowest BCUT2D eigenvalue weighted by Gasteiger charge is -2.26. The predicted molar refractivity (Wildman–Crippen MR) is 63.0 cm³/mol. The molecule has 90 valence electrons. The van der Waals surface area contributed by atoms with E-state index in [1.165, 1.54) is 18.6 Å². The van der Waals surface area contributed by atoms with E-state index in [4.69, 9.17) is 5.73 Å². The van der Waals surface area contributed by atoms with E-state index < -0.39 is 0 Å². The highest BCUT2D eigenvalue weighted by atomic mass is 19.1. The van der Waals surface area contributed by atoms with Crippen LogP contribution in [-0.2, 0) is 0 Å². The van der Waals surface area contributed by atoms with E-state index in [0.717, 1.165) is 12.8 Å². The van der Waals surface area contributed by atoms with Crippen LogP contribution in [0.15, 0.2) is 24.3 Å². The number of benzene rings is 1. The van der Waals surface area contributed by atoms with E-state index >= 15 is 0 Å². The molecule has 17 heavy (non-hydrogen) atoms. The first kappa shape index (κ1) is 10.9. The maximum atomic E-state index is 12.8. The number of halogens is 1. The van der Waals surface area contributed by atoms with Crippen LogP contribution in [0.3, 0.4) is 0 Å². The number of carbonyl (C=O) groups is 1. The average Bonchev–Trinajstić information content (AvgIpc) is 2.89. The molecule has 2 nitrogen and oxygen atoms in total. The first-order chi connectivity index (χ1) is 8.16. The number of Topliss-reactive ketones (excluding diaryl/α,β-unsaturated/α-hetero) is 1. The first-order valence-corrected chi connectivity index (χ1v) is 6.22. The minimum atomic E-state index is -0.307. The van der Waals surface area contributed by atoms with Gasteiger partial charge in [-0.25, -0.2) is 4.39 Å². The summed E-state index contributed by atoms with van der Waals surface area (Å²) in [6.45, 7) is 0. The fourth-order valence-corrected chi connectivity index (χ4v) is 3.53. The van der Waals surface area contributed by atoms with Crippen LogP contribution in [0.2, 0.25) is 0 Å². The third kappa shape index (κ3) is 1.69. The lowest BCUT2D eigenvalue weighted by Crippen LogP contribution is -2.40. The van der Waals surface area contributed by atoms with Crippen LogP contribution in [0.1, 0.15) is 29.6 Å². The van der Waals surface area contributed by atoms with Crippen LogP contribution in [0.4, 0.5) is 4.39 Å². The summed E-state index contributed by atoms with van der Waals surface area (Å²) in [6, 6.07) is 5.82. The van der Waals surface area contributed by atoms with Crippen LogP contribution in [0.5, 0.6) is 0 Å². The summed E-state index contributed by atoms with van der Waals surface area (Å²) in [6.07, 6.45) is 3.38. The molecule has 0 aliphatic heterocycles. The fourth-order valence-electron chi connectivity index (χ4n) is 3.53. The van der Waals surface area contributed by atoms with Gasteiger partial charge in [0.1, 0.15) is 5.82 Å². The molecular formula is C14H16FNO. The average molecular weight is 233 g/mol. The second-order valence-corrected chi connectivity index (χ2v) is 5.31. The maximum absolute atomic E-state index is 12.8. The molecule has 0 spiro atoms. The Labute approximate surface area is 100 Å². The van der Waals surface area contributed by atoms with Gasteiger partial charge in [-0.15, -0.1) is 0 Å². The Bertz CT molecular complexity index is 440. The SMILES string of the molecule is NC1C2CCC(C2)C1C(=O)c1ccc(F)cc1. The summed E-state index contributed by atoms with van der Waals surface area (Å²) in [5.74, 6) is 0.727. The normalized spacial score (nSPS) is 35.2. The van der Waals surface area contributed by atoms with E-state index in [1.807, 2.05) is 0 Å². The second-order valence-electron chi connectivity index (χ2n) is 5.31. The number of carbonyl (C=O) groups excluding carboxylic acids is 1. The minimum absolute atomic E-state index is 0.00584. The van der Waals surface area contributed by atoms with Crippen molar-refractivity contribution in [2.24, 2.45) is 23.5 Å². The molecule has 2 fully saturated rings. The van der Waals surface area contributed by atoms with Gasteiger partial charge in [0.25, 0.3) is 0 Å². The molecule has 4 unspecified atom stereocenters. The minimum Gasteiger partial charge on any atom is -0.327 e. The van der Waals surface area contributed by atoms with Gasteiger partial charge < -0.3 is 5.73 Å². The van der Waals surface area contributed by atoms with Crippen molar-refractivity contribution in [1.29, 1.82) is 0 Å². The second kappa shape index (κ2) is 3.91. The number of rotatable bonds is 2. The van der Waals surface area contributed by atoms with Gasteiger partial charge in [-0.1, -0.05) is 0 Å². The molecule has 2 N–H and O–H groups in total. The summed E-state index contributed by atoms with van der Waals surface area (Å²) in [4.78, 5) is 12.4. The first-order valence-electron chi connectivity index (χ1n) is 6.22. The lowest BCUT2D eigenvalue weighted by molar-refractivity contribution is 0.0856. The summed E-state index contributed by atoms with van der Waals surface area (Å²) in [5, 5.41) is 0. The maximum Gasteiger partial charge on any atom is 0.167 e. The number of hydrogen-bond acceptors (Lipinski definition) is 2. The molecule has 2 aliphatic rings. The zero-order valence-corrected chi connectivity index (χ0v) is 9.60. The molecule has 2 aliphatic carbocycles. The lowest BCUT2D eigenvalue weighted by atomic mass is 9.80. The third-order valence-electron chi connectivity index (χ3n) is 4.41. The van der Waals surface area contributed by atoms with Crippen LogP contribution in [0, 0.1) is 23.6 Å². The van der Waals surface area contributed by atoms with Gasteiger partial charge in [0.15, 0.2) is 5.78 Å². The number of fused-ring (bicyclic) bond motifs is 2. The van der Waals surface area contributed by atoms with Crippen molar-refractivity contribution in [3.8, 4) is 0 Å². The topological polar surface area (TPSA) is 43.1 Å². The van der Waals surface area contributed by atoms with E-state index in [-0.39, 0.29) is 23.6 Å². The Morgan fingerprint density at radius 3 is 2.41 bits per heavy atom. The molecular weight excluding hydrogens is 217 g/mol. The molecule has 2 saturated carbocycles. The highest BCUT2D eigenvalue weighted by Crippen LogP contribution is 2.48. The molecule has 0 saturated heterocycles. The Hall–Kier alpha value is -1.22. The summed E-state index contributed by atoms with van der Waals surface area (Å²) < 4.78 is 12.8. The van der Waals surface area contributed by atoms with Crippen LogP contribution < -0.4 is 5.73 Å². The summed E-state index contributed by atoms with van der Waals surface area (Å²) in [5.41, 5.74) is 6.73. The Kier molecular flexibility index (Phi) is 2.51. The fraction of sp³-hybridized carbons (Fsp3) is 0.500. The van der Waals surface area contributed by atoms with E-state index in [9.17, 15) is 9.18 Å². The molecule has 0 aromatic heterocycles. The Morgan fingerprint density at radius 2 is 1.82 bits per heavy atom. The monoisotopic (exact) mass is 233 g/mol. The van der Waals surface area contributed by atoms with Crippen LogP contribution in [0.25, 0.3) is 0 Å². The number of nitrogens with two attached hydrogens (primary N) is 1. The Morgan fingerprint density at radius 1 is 1.18 bits per heavy atom. The molecule has 0 radical (unpaired) electrons. The van der Waals surface area contributed by atoms with E-state index in [1.54, 1.807) is 12.1 Å². The zero-order valence-electron chi connectivity index (χ0n) is 9.60. The van der Waals surface area contributed by atoms with Gasteiger partial charge in [0.05, 0.1) is 0 Å². The molecule has 0 amide bonds. The number of ketones is 1. The van der Waals surface area contributed by atoms with Gasteiger partial charge in [0, 0.05) is 17.5 Å². The summed E-state index contributed by atoms with van der Waals surface area (Å²) in [7, 11) is 0. The quantitative estimate of drug-likeness (QED) is 0.797. The number of hydrogen-bond donors (Lipinski definition) is 1. The molecule has 0 heterocycles. The highest BCUT2D eigenvalue weighted by molar-refractivity contribution is 5.98. The van der Waals surface area contributed by atoms with Crippen molar-refractivity contribution < 1.29 is 9.18 Å². The molecule has 3 heteroatoms. The molecule has 2 bridgehead atoms. The zero-order chi connectivity index (χ0) is 12.0. The standard InChI is InChI=1S/C14H16FNO/c15-11-5-3-8(4-6-11)14(17)12-9-1-2-10(7-9)13(12)16/h3-6,9-10,12-13H,1-2,7,16H2. The van der Waals surface area contributed by atoms with Crippen molar-refractivity contribution in [3.63, 3.8) is 0 Å². The van der Waals surface area contributed by atoms with E-state index in [2.05, 4.69) is 0 Å². The van der Waals surface area contributed by atoms with Crippen molar-refractivity contribution in [2.45, 2.75) is 25.3 Å². The van der Waals surface area contributed by atoms with Crippen molar-refractivity contribution in [2.75, 3.05) is 0 Å². The van der Waals surface area contributed by atoms with Crippen LogP contribution in [-0.4, -0.2) is 11.8 Å². The predicted octanol–water partition coefficient (Wildman–Crippen LogP) is 2.38. The van der Waals surface area contributed by atoms with Gasteiger partial charge in [0.2, 0.25) is 0 Å². The van der Waals surface area contributed by atoms with Gasteiger partial charge >= 0.3 is 0 Å². The molecule has 4 atom stereocenters. The van der Waals surface area contributed by atoms with E-state index in [0.29, 0.717) is 17.4 Å². The molecule has 3 rings (SSSR count). The third-order valence-corrected chi connectivity index (χ3v) is 4.41.